The van der Waals surface area contributed by atoms with E-state index in [1.54, 1.807) is 29.9 Å². The fourth-order valence-electron chi connectivity index (χ4n) is 1.61. The van der Waals surface area contributed by atoms with E-state index in [0.717, 1.165) is 5.69 Å². The topological polar surface area (TPSA) is 34.9 Å². The van der Waals surface area contributed by atoms with E-state index in [9.17, 15) is 9.18 Å². The van der Waals surface area contributed by atoms with Crippen molar-refractivity contribution >= 4 is 11.9 Å². The number of ketones is 1. The van der Waals surface area contributed by atoms with Gasteiger partial charge in [0, 0.05) is 12.7 Å². The van der Waals surface area contributed by atoms with Gasteiger partial charge in [-0.1, -0.05) is 18.2 Å². The number of hydrogen-bond acceptors (Lipinski definition) is 2. The van der Waals surface area contributed by atoms with Crippen LogP contribution in [0.4, 0.5) is 4.39 Å². The number of benzene rings is 1. The van der Waals surface area contributed by atoms with Gasteiger partial charge < -0.3 is 0 Å². The predicted molar refractivity (Wildman–Crippen MR) is 67.7 cm³/mol. The number of halogens is 1. The average molecular weight is 244 g/mol. The molecule has 4 heteroatoms. The van der Waals surface area contributed by atoms with Crippen LogP contribution in [0, 0.1) is 12.7 Å². The predicted octanol–water partition coefficient (Wildman–Crippen LogP) is 2.76. The highest BCUT2D eigenvalue weighted by molar-refractivity contribution is 6.07. The van der Waals surface area contributed by atoms with Crippen molar-refractivity contribution in [2.24, 2.45) is 7.05 Å². The number of rotatable bonds is 3. The molecule has 18 heavy (non-hydrogen) atoms. The van der Waals surface area contributed by atoms with E-state index in [-0.39, 0.29) is 11.6 Å². The Labute approximate surface area is 105 Å². The first-order chi connectivity index (χ1) is 8.58. The number of aryl methyl sites for hydroxylation is 1. The molecule has 0 N–H and O–H groups in total. The molecule has 0 atom stereocenters. The Morgan fingerprint density at radius 2 is 2.22 bits per heavy atom. The second-order valence-corrected chi connectivity index (χ2v) is 4.02. The van der Waals surface area contributed by atoms with Crippen LogP contribution in [0.25, 0.3) is 6.08 Å². The minimum atomic E-state index is -0.317. The van der Waals surface area contributed by atoms with Gasteiger partial charge in [0.25, 0.3) is 0 Å². The standard InChI is InChI=1S/C14H13FN2O/c1-10-13(9-16-17(10)2)14(18)7-6-11-4-3-5-12(15)8-11/h3-9H,1-2H3. The molecule has 0 amide bonds. The molecule has 0 saturated carbocycles. The maximum Gasteiger partial charge on any atom is 0.189 e. The Bertz CT molecular complexity index is 614. The molecule has 0 radical (unpaired) electrons. The van der Waals surface area contributed by atoms with Gasteiger partial charge in [0.2, 0.25) is 0 Å². The smallest absolute Gasteiger partial charge is 0.189 e. The Kier molecular flexibility index (Phi) is 3.37. The van der Waals surface area contributed by atoms with Crippen LogP contribution in [-0.2, 0) is 7.05 Å². The molecule has 0 aliphatic heterocycles. The number of hydrogen-bond donors (Lipinski definition) is 0. The van der Waals surface area contributed by atoms with Crippen LogP contribution >= 0.6 is 0 Å². The minimum Gasteiger partial charge on any atom is -0.289 e. The zero-order valence-corrected chi connectivity index (χ0v) is 10.2. The van der Waals surface area contributed by atoms with E-state index >= 15 is 0 Å². The van der Waals surface area contributed by atoms with Crippen LogP contribution < -0.4 is 0 Å². The van der Waals surface area contributed by atoms with E-state index in [4.69, 9.17) is 0 Å². The molecule has 1 aromatic carbocycles. The summed E-state index contributed by atoms with van der Waals surface area (Å²) < 4.78 is 14.6. The lowest BCUT2D eigenvalue weighted by Gasteiger charge is -1.96. The summed E-state index contributed by atoms with van der Waals surface area (Å²) in [5.41, 5.74) is 2.03. The molecule has 3 nitrogen and oxygen atoms in total. The lowest BCUT2D eigenvalue weighted by atomic mass is 10.1. The van der Waals surface area contributed by atoms with Crippen LogP contribution in [0.1, 0.15) is 21.6 Å². The third kappa shape index (κ3) is 2.53. The van der Waals surface area contributed by atoms with E-state index in [0.29, 0.717) is 11.1 Å². The molecule has 1 heterocycles. The summed E-state index contributed by atoms with van der Waals surface area (Å²) in [6, 6.07) is 6.09. The average Bonchev–Trinajstić information content (AvgIpc) is 2.67. The fourth-order valence-corrected chi connectivity index (χ4v) is 1.61. The van der Waals surface area contributed by atoms with Gasteiger partial charge in [0.1, 0.15) is 5.82 Å². The highest BCUT2D eigenvalue weighted by atomic mass is 19.1. The highest BCUT2D eigenvalue weighted by Crippen LogP contribution is 2.10. The molecule has 1 aromatic heterocycles. The molecule has 2 rings (SSSR count). The van der Waals surface area contributed by atoms with Crippen LogP contribution in [-0.4, -0.2) is 15.6 Å². The zero-order valence-electron chi connectivity index (χ0n) is 10.2. The molecule has 0 bridgehead atoms. The van der Waals surface area contributed by atoms with Gasteiger partial charge in [-0.25, -0.2) is 4.39 Å². The lowest BCUT2D eigenvalue weighted by Crippen LogP contribution is -1.98. The van der Waals surface area contributed by atoms with Crippen molar-refractivity contribution in [2.45, 2.75) is 6.92 Å². The molecule has 0 fully saturated rings. The lowest BCUT2D eigenvalue weighted by molar-refractivity contribution is 0.104. The number of carbonyl (C=O) groups is 1. The normalized spacial score (nSPS) is 11.1. The van der Waals surface area contributed by atoms with E-state index < -0.39 is 0 Å². The molecular formula is C14H13FN2O. The number of carbonyl (C=O) groups excluding carboxylic acids is 1. The number of aromatic nitrogens is 2. The van der Waals surface area contributed by atoms with Crippen molar-refractivity contribution in [3.05, 3.63) is 59.2 Å². The maximum atomic E-state index is 12.9. The monoisotopic (exact) mass is 244 g/mol. The van der Waals surface area contributed by atoms with Gasteiger partial charge in [0.05, 0.1) is 11.8 Å². The highest BCUT2D eigenvalue weighted by Gasteiger charge is 2.09. The third-order valence-electron chi connectivity index (χ3n) is 2.78. The van der Waals surface area contributed by atoms with Gasteiger partial charge >= 0.3 is 0 Å². The fraction of sp³-hybridized carbons (Fsp3) is 0.143. The van der Waals surface area contributed by atoms with Crippen LogP contribution in [0.2, 0.25) is 0 Å². The van der Waals surface area contributed by atoms with Crippen molar-refractivity contribution in [1.82, 2.24) is 9.78 Å². The SMILES string of the molecule is Cc1c(C(=O)C=Cc2cccc(F)c2)cnn1C. The summed E-state index contributed by atoms with van der Waals surface area (Å²) in [6.45, 7) is 1.83. The molecule has 2 aromatic rings. The van der Waals surface area contributed by atoms with Crippen molar-refractivity contribution in [2.75, 3.05) is 0 Å². The first-order valence-corrected chi connectivity index (χ1v) is 5.54. The second kappa shape index (κ2) is 4.96. The van der Waals surface area contributed by atoms with Crippen molar-refractivity contribution in [3.8, 4) is 0 Å². The molecule has 0 aliphatic rings. The maximum absolute atomic E-state index is 12.9. The van der Waals surface area contributed by atoms with E-state index in [1.165, 1.54) is 24.4 Å². The first kappa shape index (κ1) is 12.2. The largest absolute Gasteiger partial charge is 0.289 e. The molecular weight excluding hydrogens is 231 g/mol. The number of nitrogens with zero attached hydrogens (tertiary/aromatic N) is 2. The Morgan fingerprint density at radius 1 is 1.44 bits per heavy atom. The first-order valence-electron chi connectivity index (χ1n) is 5.54. The Hall–Kier alpha value is -2.23. The molecule has 0 saturated heterocycles. The summed E-state index contributed by atoms with van der Waals surface area (Å²) in [7, 11) is 1.78. The van der Waals surface area contributed by atoms with Crippen LogP contribution in [0.15, 0.2) is 36.5 Å². The third-order valence-corrected chi connectivity index (χ3v) is 2.78. The van der Waals surface area contributed by atoms with E-state index in [2.05, 4.69) is 5.10 Å². The summed E-state index contributed by atoms with van der Waals surface area (Å²) in [5, 5.41) is 4.01. The van der Waals surface area contributed by atoms with Crippen molar-refractivity contribution in [1.29, 1.82) is 0 Å². The number of allylic oxidation sites excluding steroid dienone is 1. The minimum absolute atomic E-state index is 0.134. The van der Waals surface area contributed by atoms with Gasteiger partial charge in [0.15, 0.2) is 5.78 Å². The molecule has 0 spiro atoms. The van der Waals surface area contributed by atoms with Gasteiger partial charge in [-0.3, -0.25) is 9.48 Å². The molecule has 0 unspecified atom stereocenters. The summed E-state index contributed by atoms with van der Waals surface area (Å²) >= 11 is 0. The van der Waals surface area contributed by atoms with E-state index in [1.807, 2.05) is 6.92 Å². The van der Waals surface area contributed by atoms with Crippen molar-refractivity contribution < 1.29 is 9.18 Å². The molecule has 0 aliphatic carbocycles. The quantitative estimate of drug-likeness (QED) is 0.614. The molecule has 92 valence electrons. The zero-order chi connectivity index (χ0) is 13.1. The van der Waals surface area contributed by atoms with Crippen LogP contribution in [0.3, 0.4) is 0 Å². The second-order valence-electron chi connectivity index (χ2n) is 4.02. The van der Waals surface area contributed by atoms with Crippen molar-refractivity contribution in [3.63, 3.8) is 0 Å². The summed E-state index contributed by atoms with van der Waals surface area (Å²) in [4.78, 5) is 11.9. The van der Waals surface area contributed by atoms with Crippen LogP contribution in [0.5, 0.6) is 0 Å². The summed E-state index contributed by atoms with van der Waals surface area (Å²) in [5.74, 6) is -0.452. The van der Waals surface area contributed by atoms with Gasteiger partial charge in [-0.15, -0.1) is 0 Å². The Balaban J connectivity index is 2.19. The van der Waals surface area contributed by atoms with Gasteiger partial charge in [-0.2, -0.15) is 5.10 Å². The summed E-state index contributed by atoms with van der Waals surface area (Å²) in [6.07, 6.45) is 4.56. The Morgan fingerprint density at radius 3 is 2.83 bits per heavy atom. The van der Waals surface area contributed by atoms with Gasteiger partial charge in [-0.05, 0) is 30.7 Å².